The molecule has 0 bridgehead atoms. The van der Waals surface area contributed by atoms with Gasteiger partial charge in [-0.05, 0) is 37.3 Å². The van der Waals surface area contributed by atoms with E-state index in [2.05, 4.69) is 4.72 Å². The van der Waals surface area contributed by atoms with Crippen molar-refractivity contribution in [3.05, 3.63) is 33.4 Å². The Balaban J connectivity index is 2.54. The molecule has 0 saturated heterocycles. The van der Waals surface area contributed by atoms with E-state index in [9.17, 15) is 18.5 Å². The highest BCUT2D eigenvalue weighted by Gasteiger charge is 2.26. The van der Waals surface area contributed by atoms with E-state index in [4.69, 9.17) is 0 Å². The second-order valence-electron chi connectivity index (χ2n) is 5.64. The molecule has 1 fully saturated rings. The van der Waals surface area contributed by atoms with Gasteiger partial charge in [-0.1, -0.05) is 19.3 Å². The molecule has 0 radical (unpaired) electrons. The lowest BCUT2D eigenvalue weighted by atomic mass is 9.81. The van der Waals surface area contributed by atoms with Crippen molar-refractivity contribution in [2.75, 3.05) is 11.0 Å². The lowest BCUT2D eigenvalue weighted by molar-refractivity contribution is -0.385. The van der Waals surface area contributed by atoms with Gasteiger partial charge in [0.15, 0.2) is 0 Å². The van der Waals surface area contributed by atoms with Crippen LogP contribution in [0.15, 0.2) is 12.1 Å². The fourth-order valence-corrected chi connectivity index (χ4v) is 3.70. The van der Waals surface area contributed by atoms with Gasteiger partial charge in [-0.15, -0.1) is 0 Å². The van der Waals surface area contributed by atoms with Crippen molar-refractivity contribution in [2.24, 2.45) is 0 Å². The maximum absolute atomic E-state index is 11.5. The minimum atomic E-state index is -3.41. The third-order valence-corrected chi connectivity index (χ3v) is 4.58. The minimum absolute atomic E-state index is 0.0506. The summed E-state index contributed by atoms with van der Waals surface area (Å²) in [6.45, 7) is 1.70. The molecule has 1 aliphatic rings. The van der Waals surface area contributed by atoms with Crippen LogP contribution in [-0.2, 0) is 10.0 Å². The quantitative estimate of drug-likeness (QED) is 0.682. The van der Waals surface area contributed by atoms with Crippen molar-refractivity contribution in [1.82, 2.24) is 0 Å². The number of hydrogen-bond donors (Lipinski definition) is 1. The Labute approximate surface area is 124 Å². The highest BCUT2D eigenvalue weighted by atomic mass is 32.2. The fraction of sp³-hybridized carbons (Fsp3) is 0.571. The predicted octanol–water partition coefficient (Wildman–Crippen LogP) is 3.32. The third kappa shape index (κ3) is 3.72. The molecule has 7 heteroatoms. The first-order valence-electron chi connectivity index (χ1n) is 7.05. The van der Waals surface area contributed by atoms with Crippen LogP contribution in [0.1, 0.15) is 49.1 Å². The zero-order chi connectivity index (χ0) is 15.6. The van der Waals surface area contributed by atoms with Gasteiger partial charge in [0.05, 0.1) is 16.9 Å². The average Bonchev–Trinajstić information content (AvgIpc) is 2.37. The monoisotopic (exact) mass is 312 g/mol. The lowest BCUT2D eigenvalue weighted by Gasteiger charge is -2.26. The predicted molar refractivity (Wildman–Crippen MR) is 82.1 cm³/mol. The van der Waals surface area contributed by atoms with Gasteiger partial charge in [-0.2, -0.15) is 0 Å². The Hall–Kier alpha value is -1.63. The van der Waals surface area contributed by atoms with Gasteiger partial charge in [0.2, 0.25) is 10.0 Å². The zero-order valence-corrected chi connectivity index (χ0v) is 13.1. The second kappa shape index (κ2) is 6.01. The molecule has 0 aliphatic heterocycles. The van der Waals surface area contributed by atoms with E-state index in [1.165, 1.54) is 18.6 Å². The van der Waals surface area contributed by atoms with E-state index in [1.807, 2.05) is 0 Å². The Morgan fingerprint density at radius 2 is 1.86 bits per heavy atom. The third-order valence-electron chi connectivity index (χ3n) is 3.99. The summed E-state index contributed by atoms with van der Waals surface area (Å²) in [4.78, 5) is 10.7. The van der Waals surface area contributed by atoms with Crippen LogP contribution in [0.25, 0.3) is 0 Å². The Morgan fingerprint density at radius 1 is 1.24 bits per heavy atom. The summed E-state index contributed by atoms with van der Waals surface area (Å²) < 4.78 is 25.5. The molecule has 1 N–H and O–H groups in total. The summed E-state index contributed by atoms with van der Waals surface area (Å²) in [5.41, 5.74) is 1.89. The maximum Gasteiger partial charge on any atom is 0.272 e. The molecule has 116 valence electrons. The van der Waals surface area contributed by atoms with E-state index in [0.717, 1.165) is 37.5 Å². The van der Waals surface area contributed by atoms with E-state index in [1.54, 1.807) is 6.92 Å². The molecule has 0 atom stereocenters. The van der Waals surface area contributed by atoms with Crippen LogP contribution < -0.4 is 4.72 Å². The van der Waals surface area contributed by atoms with Gasteiger partial charge in [0.25, 0.3) is 5.69 Å². The maximum atomic E-state index is 11.5. The topological polar surface area (TPSA) is 89.3 Å². The molecule has 6 nitrogen and oxygen atoms in total. The SMILES string of the molecule is Cc1c([N+](=O)[O-])ccc(NS(C)(=O)=O)c1C1CCCCC1. The van der Waals surface area contributed by atoms with Crippen LogP contribution in [0.5, 0.6) is 0 Å². The van der Waals surface area contributed by atoms with Crippen LogP contribution in [0.2, 0.25) is 0 Å². The number of sulfonamides is 1. The Kier molecular flexibility index (Phi) is 4.51. The molecule has 21 heavy (non-hydrogen) atoms. The number of anilines is 1. The van der Waals surface area contributed by atoms with Crippen LogP contribution in [0, 0.1) is 17.0 Å². The molecule has 1 aromatic rings. The number of hydrogen-bond acceptors (Lipinski definition) is 4. The van der Waals surface area contributed by atoms with Crippen LogP contribution in [0.4, 0.5) is 11.4 Å². The molecule has 0 aromatic heterocycles. The standard InChI is InChI=1S/C14H20N2O4S/c1-10-13(16(17)18)9-8-12(15-21(2,19)20)14(10)11-6-4-3-5-7-11/h8-9,11,15H,3-7H2,1-2H3. The molecule has 1 aromatic carbocycles. The number of nitro benzene ring substituents is 1. The number of rotatable bonds is 4. The zero-order valence-electron chi connectivity index (χ0n) is 12.3. The first-order chi connectivity index (χ1) is 9.79. The normalized spacial score (nSPS) is 16.7. The van der Waals surface area contributed by atoms with Crippen molar-refractivity contribution in [3.8, 4) is 0 Å². The molecule has 1 aliphatic carbocycles. The highest BCUT2D eigenvalue weighted by Crippen LogP contribution is 2.41. The summed E-state index contributed by atoms with van der Waals surface area (Å²) in [6, 6.07) is 2.88. The highest BCUT2D eigenvalue weighted by molar-refractivity contribution is 7.92. The molecular formula is C14H20N2O4S. The summed E-state index contributed by atoms with van der Waals surface area (Å²) in [6.07, 6.45) is 6.30. The molecule has 0 spiro atoms. The van der Waals surface area contributed by atoms with Crippen molar-refractivity contribution >= 4 is 21.4 Å². The number of nitro groups is 1. The molecule has 1 saturated carbocycles. The fourth-order valence-electron chi connectivity index (χ4n) is 3.12. The van der Waals surface area contributed by atoms with Crippen molar-refractivity contribution < 1.29 is 13.3 Å². The van der Waals surface area contributed by atoms with Crippen molar-refractivity contribution in [3.63, 3.8) is 0 Å². The van der Waals surface area contributed by atoms with E-state index in [0.29, 0.717) is 11.3 Å². The smallest absolute Gasteiger partial charge is 0.272 e. The minimum Gasteiger partial charge on any atom is -0.283 e. The molecule has 0 amide bonds. The average molecular weight is 312 g/mol. The summed E-state index contributed by atoms with van der Waals surface area (Å²) in [7, 11) is -3.41. The Morgan fingerprint density at radius 3 is 2.38 bits per heavy atom. The van der Waals surface area contributed by atoms with Crippen molar-refractivity contribution in [1.29, 1.82) is 0 Å². The molecule has 2 rings (SSSR count). The second-order valence-corrected chi connectivity index (χ2v) is 7.39. The van der Waals surface area contributed by atoms with Gasteiger partial charge < -0.3 is 0 Å². The molecular weight excluding hydrogens is 292 g/mol. The Bertz CT molecular complexity index is 649. The first-order valence-corrected chi connectivity index (χ1v) is 8.94. The van der Waals surface area contributed by atoms with Gasteiger partial charge in [-0.25, -0.2) is 8.42 Å². The summed E-state index contributed by atoms with van der Waals surface area (Å²) in [5, 5.41) is 11.1. The summed E-state index contributed by atoms with van der Waals surface area (Å²) in [5.74, 6) is 0.183. The number of nitrogens with one attached hydrogen (secondary N) is 1. The van der Waals surface area contributed by atoms with Crippen LogP contribution in [-0.4, -0.2) is 19.6 Å². The van der Waals surface area contributed by atoms with Gasteiger partial charge in [-0.3, -0.25) is 14.8 Å². The van der Waals surface area contributed by atoms with E-state index < -0.39 is 14.9 Å². The van der Waals surface area contributed by atoms with Crippen molar-refractivity contribution in [2.45, 2.75) is 44.9 Å². The van der Waals surface area contributed by atoms with Crippen LogP contribution in [0.3, 0.4) is 0 Å². The lowest BCUT2D eigenvalue weighted by Crippen LogP contribution is -2.15. The van der Waals surface area contributed by atoms with E-state index >= 15 is 0 Å². The number of nitrogens with zero attached hydrogens (tertiary/aromatic N) is 1. The van der Waals surface area contributed by atoms with Gasteiger partial charge in [0.1, 0.15) is 0 Å². The summed E-state index contributed by atoms with van der Waals surface area (Å²) >= 11 is 0. The van der Waals surface area contributed by atoms with E-state index in [-0.39, 0.29) is 11.6 Å². The molecule has 0 heterocycles. The largest absolute Gasteiger partial charge is 0.283 e. The van der Waals surface area contributed by atoms with Crippen LogP contribution >= 0.6 is 0 Å². The molecule has 0 unspecified atom stereocenters. The number of benzene rings is 1. The van der Waals surface area contributed by atoms with Gasteiger partial charge in [0, 0.05) is 11.6 Å². The van der Waals surface area contributed by atoms with Gasteiger partial charge >= 0.3 is 0 Å². The first kappa shape index (κ1) is 15.8.